The smallest absolute Gasteiger partial charge is 0.264 e. The SMILES string of the molecule is CC(=O)N[C@H](C(=O)NS(=O)(=O)c1ccc(C(C)=O)cc1)C1CCCC1. The number of carbonyl (C=O) groups excluding carboxylic acids is 3. The predicted octanol–water partition coefficient (Wildman–Crippen LogP) is 1.39. The Balaban J connectivity index is 2.17. The van der Waals surface area contributed by atoms with E-state index in [9.17, 15) is 22.8 Å². The lowest BCUT2D eigenvalue weighted by Gasteiger charge is -2.23. The van der Waals surface area contributed by atoms with E-state index in [1.165, 1.54) is 38.1 Å². The molecule has 0 unspecified atom stereocenters. The molecule has 0 saturated heterocycles. The van der Waals surface area contributed by atoms with E-state index in [2.05, 4.69) is 5.32 Å². The van der Waals surface area contributed by atoms with Crippen LogP contribution in [0.5, 0.6) is 0 Å². The van der Waals surface area contributed by atoms with Gasteiger partial charge in [-0.2, -0.15) is 0 Å². The maximum atomic E-state index is 12.5. The zero-order chi connectivity index (χ0) is 18.6. The van der Waals surface area contributed by atoms with Crippen LogP contribution >= 0.6 is 0 Å². The third-order valence-corrected chi connectivity index (χ3v) is 5.68. The number of ketones is 1. The number of hydrogen-bond acceptors (Lipinski definition) is 5. The van der Waals surface area contributed by atoms with Gasteiger partial charge >= 0.3 is 0 Å². The van der Waals surface area contributed by atoms with Gasteiger partial charge in [0.15, 0.2) is 5.78 Å². The molecule has 1 fully saturated rings. The number of carbonyl (C=O) groups is 3. The fourth-order valence-electron chi connectivity index (χ4n) is 3.03. The minimum atomic E-state index is -4.07. The zero-order valence-electron chi connectivity index (χ0n) is 14.2. The number of rotatable bonds is 6. The maximum Gasteiger partial charge on any atom is 0.264 e. The Morgan fingerprint density at radius 3 is 2.08 bits per heavy atom. The third kappa shape index (κ3) is 4.88. The first-order valence-corrected chi connectivity index (χ1v) is 9.64. The zero-order valence-corrected chi connectivity index (χ0v) is 15.1. The Morgan fingerprint density at radius 1 is 1.04 bits per heavy atom. The van der Waals surface area contributed by atoms with Crippen molar-refractivity contribution >= 4 is 27.6 Å². The first-order valence-electron chi connectivity index (χ1n) is 8.15. The van der Waals surface area contributed by atoms with Gasteiger partial charge in [-0.05, 0) is 37.8 Å². The Bertz CT molecular complexity index is 765. The number of Topliss-reactive ketones (excluding diaryl/α,β-unsaturated/α-hetero) is 1. The summed E-state index contributed by atoms with van der Waals surface area (Å²) in [5, 5.41) is 2.56. The van der Waals surface area contributed by atoms with Crippen LogP contribution in [-0.4, -0.2) is 32.1 Å². The Labute approximate surface area is 147 Å². The number of nitrogens with one attached hydrogen (secondary N) is 2. The molecular formula is C17H22N2O5S. The highest BCUT2D eigenvalue weighted by Gasteiger charge is 2.33. The molecule has 2 rings (SSSR count). The molecule has 1 aromatic rings. The number of amides is 2. The van der Waals surface area contributed by atoms with Crippen molar-refractivity contribution in [1.82, 2.24) is 10.0 Å². The summed E-state index contributed by atoms with van der Waals surface area (Å²) in [7, 11) is -4.07. The van der Waals surface area contributed by atoms with Crippen molar-refractivity contribution in [3.05, 3.63) is 29.8 Å². The summed E-state index contributed by atoms with van der Waals surface area (Å²) in [6.45, 7) is 2.68. The van der Waals surface area contributed by atoms with E-state index in [1.54, 1.807) is 0 Å². The molecular weight excluding hydrogens is 344 g/mol. The molecule has 136 valence electrons. The molecule has 1 aromatic carbocycles. The average molecular weight is 366 g/mol. The predicted molar refractivity (Wildman–Crippen MR) is 91.3 cm³/mol. The number of hydrogen-bond donors (Lipinski definition) is 2. The molecule has 1 saturated carbocycles. The summed E-state index contributed by atoms with van der Waals surface area (Å²) in [4.78, 5) is 35.0. The van der Waals surface area contributed by atoms with E-state index < -0.39 is 22.0 Å². The topological polar surface area (TPSA) is 109 Å². The lowest BCUT2D eigenvalue weighted by atomic mass is 9.97. The van der Waals surface area contributed by atoms with Crippen molar-refractivity contribution in [3.8, 4) is 0 Å². The van der Waals surface area contributed by atoms with E-state index in [0.29, 0.717) is 5.56 Å². The molecule has 0 aliphatic heterocycles. The summed E-state index contributed by atoms with van der Waals surface area (Å²) in [5.41, 5.74) is 0.382. The van der Waals surface area contributed by atoms with Crippen LogP contribution in [0.1, 0.15) is 49.9 Å². The maximum absolute atomic E-state index is 12.5. The van der Waals surface area contributed by atoms with Gasteiger partial charge in [0.1, 0.15) is 6.04 Å². The van der Waals surface area contributed by atoms with Crippen molar-refractivity contribution in [2.45, 2.75) is 50.5 Å². The van der Waals surface area contributed by atoms with Crippen LogP contribution in [0.25, 0.3) is 0 Å². The number of benzene rings is 1. The van der Waals surface area contributed by atoms with Crippen LogP contribution in [-0.2, 0) is 19.6 Å². The van der Waals surface area contributed by atoms with E-state index >= 15 is 0 Å². The van der Waals surface area contributed by atoms with Crippen LogP contribution in [0.2, 0.25) is 0 Å². The standard InChI is InChI=1S/C17H22N2O5S/c1-11(20)13-7-9-15(10-8-13)25(23,24)19-17(22)16(18-12(2)21)14-5-3-4-6-14/h7-10,14,16H,3-6H2,1-2H3,(H,18,21)(H,19,22)/t16-/m0/s1. The first kappa shape index (κ1) is 19.1. The molecule has 2 N–H and O–H groups in total. The largest absolute Gasteiger partial charge is 0.344 e. The number of sulfonamides is 1. The normalized spacial score (nSPS) is 16.2. The summed E-state index contributed by atoms with van der Waals surface area (Å²) < 4.78 is 26.8. The summed E-state index contributed by atoms with van der Waals surface area (Å²) >= 11 is 0. The average Bonchev–Trinajstić information content (AvgIpc) is 3.06. The van der Waals surface area contributed by atoms with Gasteiger partial charge in [0, 0.05) is 12.5 Å². The highest BCUT2D eigenvalue weighted by atomic mass is 32.2. The molecule has 7 nitrogen and oxygen atoms in total. The molecule has 8 heteroatoms. The second-order valence-corrected chi connectivity index (χ2v) is 7.96. The van der Waals surface area contributed by atoms with Crippen LogP contribution in [0.4, 0.5) is 0 Å². The van der Waals surface area contributed by atoms with Gasteiger partial charge in [-0.25, -0.2) is 13.1 Å². The molecule has 0 heterocycles. The van der Waals surface area contributed by atoms with E-state index in [0.717, 1.165) is 25.7 Å². The van der Waals surface area contributed by atoms with E-state index in [4.69, 9.17) is 0 Å². The monoisotopic (exact) mass is 366 g/mol. The quantitative estimate of drug-likeness (QED) is 0.740. The van der Waals surface area contributed by atoms with Crippen LogP contribution in [0, 0.1) is 5.92 Å². The summed E-state index contributed by atoms with van der Waals surface area (Å²) in [6, 6.07) is 4.46. The van der Waals surface area contributed by atoms with Gasteiger partial charge in [0.25, 0.3) is 15.9 Å². The molecule has 0 aromatic heterocycles. The summed E-state index contributed by atoms with van der Waals surface area (Å²) in [6.07, 6.45) is 3.44. The van der Waals surface area contributed by atoms with Gasteiger partial charge in [0.2, 0.25) is 5.91 Å². The van der Waals surface area contributed by atoms with Gasteiger partial charge in [-0.3, -0.25) is 14.4 Å². The Morgan fingerprint density at radius 2 is 1.60 bits per heavy atom. The van der Waals surface area contributed by atoms with Crippen LogP contribution in [0.3, 0.4) is 0 Å². The second-order valence-electron chi connectivity index (χ2n) is 6.27. The molecule has 1 aliphatic carbocycles. The lowest BCUT2D eigenvalue weighted by Crippen LogP contribution is -2.51. The van der Waals surface area contributed by atoms with Crippen molar-refractivity contribution in [1.29, 1.82) is 0 Å². The molecule has 25 heavy (non-hydrogen) atoms. The van der Waals surface area contributed by atoms with Crippen LogP contribution < -0.4 is 10.0 Å². The van der Waals surface area contributed by atoms with Crippen LogP contribution in [0.15, 0.2) is 29.2 Å². The van der Waals surface area contributed by atoms with Crippen molar-refractivity contribution < 1.29 is 22.8 Å². The van der Waals surface area contributed by atoms with E-state index in [1.807, 2.05) is 4.72 Å². The minimum Gasteiger partial charge on any atom is -0.344 e. The molecule has 1 atom stereocenters. The van der Waals surface area contributed by atoms with Gasteiger partial charge in [-0.15, -0.1) is 0 Å². The third-order valence-electron chi connectivity index (χ3n) is 4.32. The molecule has 2 amide bonds. The van der Waals surface area contributed by atoms with E-state index in [-0.39, 0.29) is 22.5 Å². The fraction of sp³-hybridized carbons (Fsp3) is 0.471. The Hall–Kier alpha value is -2.22. The van der Waals surface area contributed by atoms with Gasteiger partial charge < -0.3 is 5.32 Å². The highest BCUT2D eigenvalue weighted by Crippen LogP contribution is 2.28. The summed E-state index contributed by atoms with van der Waals surface area (Å²) in [5.74, 6) is -1.37. The van der Waals surface area contributed by atoms with Crippen molar-refractivity contribution in [2.75, 3.05) is 0 Å². The Kier molecular flexibility index (Phi) is 5.94. The minimum absolute atomic E-state index is 0.0702. The highest BCUT2D eigenvalue weighted by molar-refractivity contribution is 7.90. The van der Waals surface area contributed by atoms with Gasteiger partial charge in [0.05, 0.1) is 4.90 Å². The first-order chi connectivity index (χ1) is 11.7. The lowest BCUT2D eigenvalue weighted by molar-refractivity contribution is -0.128. The van der Waals surface area contributed by atoms with Crippen molar-refractivity contribution in [3.63, 3.8) is 0 Å². The van der Waals surface area contributed by atoms with Gasteiger partial charge in [-0.1, -0.05) is 25.0 Å². The molecule has 0 spiro atoms. The molecule has 1 aliphatic rings. The fourth-order valence-corrected chi connectivity index (χ4v) is 4.03. The molecule has 0 radical (unpaired) electrons. The second kappa shape index (κ2) is 7.77. The molecule has 0 bridgehead atoms. The van der Waals surface area contributed by atoms with Crippen molar-refractivity contribution in [2.24, 2.45) is 5.92 Å².